The summed E-state index contributed by atoms with van der Waals surface area (Å²) in [6.45, 7) is 9.35. The van der Waals surface area contributed by atoms with Gasteiger partial charge in [0.2, 0.25) is 0 Å². The number of rotatable bonds is 10. The molecule has 124 valence electrons. The minimum atomic E-state index is -0.201. The van der Waals surface area contributed by atoms with Crippen molar-refractivity contribution < 1.29 is 14.3 Å². The molecule has 1 aromatic rings. The molecule has 0 fully saturated rings. The molecule has 0 aliphatic rings. The summed E-state index contributed by atoms with van der Waals surface area (Å²) < 4.78 is 10.9. The molecule has 0 spiro atoms. The van der Waals surface area contributed by atoms with Gasteiger partial charge in [0.1, 0.15) is 0 Å². The first-order valence-electron chi connectivity index (χ1n) is 7.91. The highest BCUT2D eigenvalue weighted by Crippen LogP contribution is 2.15. The fourth-order valence-corrected chi connectivity index (χ4v) is 1.84. The van der Waals surface area contributed by atoms with Gasteiger partial charge in [-0.3, -0.25) is 0 Å². The van der Waals surface area contributed by atoms with E-state index in [4.69, 9.17) is 9.47 Å². The highest BCUT2D eigenvalue weighted by Gasteiger charge is 2.05. The third kappa shape index (κ3) is 8.00. The first-order valence-corrected chi connectivity index (χ1v) is 7.91. The third-order valence-corrected chi connectivity index (χ3v) is 2.93. The second kappa shape index (κ2) is 11.0. The average Bonchev–Trinajstić information content (AvgIpc) is 2.49. The Balaban J connectivity index is 2.27. The minimum absolute atomic E-state index is 0.201. The van der Waals surface area contributed by atoms with Crippen molar-refractivity contribution >= 4 is 11.7 Å². The average molecular weight is 308 g/mol. The number of amides is 2. The molecular formula is C17H28N2O3. The van der Waals surface area contributed by atoms with Gasteiger partial charge in [-0.25, -0.2) is 4.79 Å². The summed E-state index contributed by atoms with van der Waals surface area (Å²) in [5.41, 5.74) is 1.75. The molecule has 1 rings (SSSR count). The van der Waals surface area contributed by atoms with Gasteiger partial charge < -0.3 is 20.1 Å². The Kier molecular flexibility index (Phi) is 9.26. The Morgan fingerprint density at radius 3 is 2.73 bits per heavy atom. The van der Waals surface area contributed by atoms with Gasteiger partial charge in [-0.1, -0.05) is 32.0 Å². The van der Waals surface area contributed by atoms with Crippen LogP contribution in [-0.2, 0) is 16.1 Å². The lowest BCUT2D eigenvalue weighted by atomic mass is 10.2. The number of urea groups is 1. The Morgan fingerprint density at radius 1 is 1.23 bits per heavy atom. The van der Waals surface area contributed by atoms with Gasteiger partial charge in [0, 0.05) is 37.6 Å². The number of ether oxygens (including phenoxy) is 2. The van der Waals surface area contributed by atoms with Crippen LogP contribution in [0, 0.1) is 5.92 Å². The van der Waals surface area contributed by atoms with Crippen LogP contribution in [0.2, 0.25) is 0 Å². The van der Waals surface area contributed by atoms with E-state index >= 15 is 0 Å². The van der Waals surface area contributed by atoms with E-state index in [0.29, 0.717) is 32.3 Å². The van der Waals surface area contributed by atoms with Gasteiger partial charge in [0.15, 0.2) is 0 Å². The van der Waals surface area contributed by atoms with Gasteiger partial charge in [0.25, 0.3) is 0 Å². The molecule has 0 aliphatic carbocycles. The SMILES string of the molecule is CCOCc1ccccc1NC(=O)NCCCOCC(C)C. The maximum atomic E-state index is 11.9. The molecule has 2 amide bonds. The van der Waals surface area contributed by atoms with Crippen LogP contribution in [0.15, 0.2) is 24.3 Å². The second-order valence-corrected chi connectivity index (χ2v) is 5.50. The first kappa shape index (κ1) is 18.5. The number of hydrogen-bond acceptors (Lipinski definition) is 3. The summed E-state index contributed by atoms with van der Waals surface area (Å²) in [4.78, 5) is 11.9. The molecule has 0 aromatic heterocycles. The number of para-hydroxylation sites is 1. The van der Waals surface area contributed by atoms with E-state index in [1.54, 1.807) is 0 Å². The molecule has 22 heavy (non-hydrogen) atoms. The minimum Gasteiger partial charge on any atom is -0.381 e. The fraction of sp³-hybridized carbons (Fsp3) is 0.588. The molecule has 1 aromatic carbocycles. The van der Waals surface area contributed by atoms with Crippen molar-refractivity contribution in [3.63, 3.8) is 0 Å². The zero-order chi connectivity index (χ0) is 16.2. The fourth-order valence-electron chi connectivity index (χ4n) is 1.84. The summed E-state index contributed by atoms with van der Waals surface area (Å²) in [6.07, 6.45) is 0.806. The maximum Gasteiger partial charge on any atom is 0.319 e. The standard InChI is InChI=1S/C17H28N2O3/c1-4-21-13-15-8-5-6-9-16(15)19-17(20)18-10-7-11-22-12-14(2)3/h5-6,8-9,14H,4,7,10-13H2,1-3H3,(H2,18,19,20). The van der Waals surface area contributed by atoms with Gasteiger partial charge in [-0.15, -0.1) is 0 Å². The summed E-state index contributed by atoms with van der Waals surface area (Å²) in [7, 11) is 0. The van der Waals surface area contributed by atoms with Crippen molar-refractivity contribution in [3.05, 3.63) is 29.8 Å². The largest absolute Gasteiger partial charge is 0.381 e. The van der Waals surface area contributed by atoms with Crippen LogP contribution < -0.4 is 10.6 Å². The number of carbonyl (C=O) groups excluding carboxylic acids is 1. The quantitative estimate of drug-likeness (QED) is 0.651. The highest BCUT2D eigenvalue weighted by atomic mass is 16.5. The van der Waals surface area contributed by atoms with Gasteiger partial charge in [-0.05, 0) is 25.3 Å². The van der Waals surface area contributed by atoms with E-state index in [0.717, 1.165) is 24.3 Å². The highest BCUT2D eigenvalue weighted by molar-refractivity contribution is 5.90. The van der Waals surface area contributed by atoms with E-state index in [1.165, 1.54) is 0 Å². The lowest BCUT2D eigenvalue weighted by Crippen LogP contribution is -2.30. The van der Waals surface area contributed by atoms with E-state index in [2.05, 4.69) is 24.5 Å². The lowest BCUT2D eigenvalue weighted by Gasteiger charge is -2.12. The van der Waals surface area contributed by atoms with Crippen molar-refractivity contribution in [1.29, 1.82) is 0 Å². The lowest BCUT2D eigenvalue weighted by molar-refractivity contribution is 0.108. The Labute approximate surface area is 133 Å². The number of anilines is 1. The second-order valence-electron chi connectivity index (χ2n) is 5.50. The van der Waals surface area contributed by atoms with Crippen LogP contribution in [-0.4, -0.2) is 32.4 Å². The van der Waals surface area contributed by atoms with E-state index < -0.39 is 0 Å². The summed E-state index contributed by atoms with van der Waals surface area (Å²) in [6, 6.07) is 7.45. The molecule has 0 heterocycles. The van der Waals surface area contributed by atoms with E-state index in [1.807, 2.05) is 31.2 Å². The van der Waals surface area contributed by atoms with Crippen molar-refractivity contribution in [3.8, 4) is 0 Å². The topological polar surface area (TPSA) is 59.6 Å². The smallest absolute Gasteiger partial charge is 0.319 e. The number of benzene rings is 1. The van der Waals surface area contributed by atoms with Gasteiger partial charge in [0.05, 0.1) is 6.61 Å². The normalized spacial score (nSPS) is 10.7. The molecule has 0 atom stereocenters. The first-order chi connectivity index (χ1) is 10.6. The molecule has 2 N–H and O–H groups in total. The molecule has 0 bridgehead atoms. The predicted octanol–water partition coefficient (Wildman–Crippen LogP) is 3.41. The Morgan fingerprint density at radius 2 is 2.00 bits per heavy atom. The third-order valence-electron chi connectivity index (χ3n) is 2.93. The van der Waals surface area contributed by atoms with Crippen molar-refractivity contribution in [2.24, 2.45) is 5.92 Å². The number of carbonyl (C=O) groups is 1. The molecule has 5 heteroatoms. The molecule has 0 aliphatic heterocycles. The summed E-state index contributed by atoms with van der Waals surface area (Å²) in [5.74, 6) is 0.540. The van der Waals surface area contributed by atoms with Gasteiger partial charge >= 0.3 is 6.03 Å². The van der Waals surface area contributed by atoms with Crippen LogP contribution >= 0.6 is 0 Å². The molecule has 5 nitrogen and oxygen atoms in total. The van der Waals surface area contributed by atoms with E-state index in [9.17, 15) is 4.79 Å². The summed E-state index contributed by atoms with van der Waals surface area (Å²) >= 11 is 0. The monoisotopic (exact) mass is 308 g/mol. The molecule has 0 unspecified atom stereocenters. The summed E-state index contributed by atoms with van der Waals surface area (Å²) in [5, 5.41) is 5.69. The van der Waals surface area contributed by atoms with Crippen LogP contribution in [0.3, 0.4) is 0 Å². The Bertz CT molecular complexity index is 436. The molecule has 0 saturated carbocycles. The number of hydrogen-bond donors (Lipinski definition) is 2. The van der Waals surface area contributed by atoms with Crippen molar-refractivity contribution in [1.82, 2.24) is 5.32 Å². The predicted molar refractivity (Wildman–Crippen MR) is 89.1 cm³/mol. The van der Waals surface area contributed by atoms with Gasteiger partial charge in [-0.2, -0.15) is 0 Å². The zero-order valence-electron chi connectivity index (χ0n) is 13.9. The van der Waals surface area contributed by atoms with Crippen LogP contribution in [0.4, 0.5) is 10.5 Å². The van der Waals surface area contributed by atoms with E-state index in [-0.39, 0.29) is 6.03 Å². The van der Waals surface area contributed by atoms with Crippen molar-refractivity contribution in [2.75, 3.05) is 31.7 Å². The van der Waals surface area contributed by atoms with Crippen LogP contribution in [0.25, 0.3) is 0 Å². The van der Waals surface area contributed by atoms with Crippen LogP contribution in [0.1, 0.15) is 32.8 Å². The van der Waals surface area contributed by atoms with Crippen LogP contribution in [0.5, 0.6) is 0 Å². The molecular weight excluding hydrogens is 280 g/mol. The maximum absolute atomic E-state index is 11.9. The number of nitrogens with one attached hydrogen (secondary N) is 2. The Hall–Kier alpha value is -1.59. The zero-order valence-corrected chi connectivity index (χ0v) is 13.9. The van der Waals surface area contributed by atoms with Crippen molar-refractivity contribution in [2.45, 2.75) is 33.8 Å². The molecule has 0 saturated heterocycles. The molecule has 0 radical (unpaired) electrons.